The van der Waals surface area contributed by atoms with Crippen molar-refractivity contribution in [2.24, 2.45) is 0 Å². The molecule has 0 aliphatic carbocycles. The van der Waals surface area contributed by atoms with Crippen LogP contribution in [0.15, 0.2) is 57.9 Å². The molecule has 1 aromatic carbocycles. The maximum atomic E-state index is 12.4. The number of hydrogen-bond donors (Lipinski definition) is 2. The molecule has 3 rings (SSSR count). The molecule has 25 heavy (non-hydrogen) atoms. The van der Waals surface area contributed by atoms with Crippen molar-refractivity contribution in [1.29, 1.82) is 0 Å². The van der Waals surface area contributed by atoms with Gasteiger partial charge in [0.15, 0.2) is 11.4 Å². The number of anilines is 1. The fourth-order valence-electron chi connectivity index (χ4n) is 2.09. The number of carbonyl (C=O) groups is 1. The standard InChI is InChI=1S/C17H13BrN4O3/c1-10-2-7-14(19-9-10)20-17(25)16-13(23)8-15(24)22(21-16)12-5-3-11(18)4-6-12/h2-9,23H,1H3,(H,19,20,25). The fraction of sp³-hybridized carbons (Fsp3) is 0.0588. The van der Waals surface area contributed by atoms with Gasteiger partial charge in [0.2, 0.25) is 0 Å². The largest absolute Gasteiger partial charge is 0.505 e. The molecule has 0 aliphatic heterocycles. The molecule has 2 heterocycles. The third-order valence-corrected chi connectivity index (χ3v) is 3.88. The highest BCUT2D eigenvalue weighted by Gasteiger charge is 2.17. The first-order valence-corrected chi connectivity index (χ1v) is 8.06. The molecule has 0 saturated carbocycles. The lowest BCUT2D eigenvalue weighted by Gasteiger charge is -2.09. The summed E-state index contributed by atoms with van der Waals surface area (Å²) in [6.07, 6.45) is 1.60. The van der Waals surface area contributed by atoms with Crippen LogP contribution in [0.4, 0.5) is 5.82 Å². The lowest BCUT2D eigenvalue weighted by Crippen LogP contribution is -2.25. The molecular weight excluding hydrogens is 388 g/mol. The van der Waals surface area contributed by atoms with Crippen LogP contribution in [0.1, 0.15) is 16.1 Å². The molecule has 2 aromatic heterocycles. The Labute approximate surface area is 151 Å². The number of aromatic nitrogens is 3. The zero-order valence-corrected chi connectivity index (χ0v) is 14.7. The van der Waals surface area contributed by atoms with Crippen LogP contribution in [0, 0.1) is 6.92 Å². The van der Waals surface area contributed by atoms with Crippen molar-refractivity contribution in [3.63, 3.8) is 0 Å². The summed E-state index contributed by atoms with van der Waals surface area (Å²) >= 11 is 3.31. The third-order valence-electron chi connectivity index (χ3n) is 3.35. The topological polar surface area (TPSA) is 97.1 Å². The summed E-state index contributed by atoms with van der Waals surface area (Å²) in [6, 6.07) is 11.2. The van der Waals surface area contributed by atoms with Gasteiger partial charge in [0.05, 0.1) is 5.69 Å². The van der Waals surface area contributed by atoms with Crippen LogP contribution < -0.4 is 10.9 Å². The Morgan fingerprint density at radius 3 is 2.56 bits per heavy atom. The zero-order chi connectivity index (χ0) is 18.0. The number of benzene rings is 1. The van der Waals surface area contributed by atoms with Crippen LogP contribution in [0.3, 0.4) is 0 Å². The van der Waals surface area contributed by atoms with Crippen molar-refractivity contribution in [1.82, 2.24) is 14.8 Å². The van der Waals surface area contributed by atoms with Gasteiger partial charge in [-0.25, -0.2) is 4.98 Å². The first kappa shape index (κ1) is 16.8. The van der Waals surface area contributed by atoms with Crippen LogP contribution >= 0.6 is 15.9 Å². The van der Waals surface area contributed by atoms with E-state index < -0.39 is 17.2 Å². The molecule has 0 radical (unpaired) electrons. The van der Waals surface area contributed by atoms with Gasteiger partial charge in [-0.15, -0.1) is 0 Å². The van der Waals surface area contributed by atoms with E-state index >= 15 is 0 Å². The minimum absolute atomic E-state index is 0.273. The second-order valence-electron chi connectivity index (χ2n) is 5.28. The molecule has 3 aromatic rings. The Hall–Kier alpha value is -3.00. The SMILES string of the molecule is Cc1ccc(NC(=O)c2nn(-c3ccc(Br)cc3)c(=O)cc2O)nc1. The fourth-order valence-corrected chi connectivity index (χ4v) is 2.36. The first-order chi connectivity index (χ1) is 11.9. The maximum Gasteiger partial charge on any atom is 0.281 e. The van der Waals surface area contributed by atoms with E-state index in [1.54, 1.807) is 42.6 Å². The molecule has 0 fully saturated rings. The molecule has 0 bridgehead atoms. The van der Waals surface area contributed by atoms with Crippen LogP contribution in [-0.4, -0.2) is 25.8 Å². The van der Waals surface area contributed by atoms with Crippen LogP contribution in [0.2, 0.25) is 0 Å². The Balaban J connectivity index is 1.97. The molecule has 0 unspecified atom stereocenters. The van der Waals surface area contributed by atoms with Crippen molar-refractivity contribution in [3.8, 4) is 11.4 Å². The quantitative estimate of drug-likeness (QED) is 0.704. The monoisotopic (exact) mass is 400 g/mol. The number of aromatic hydroxyl groups is 1. The van der Waals surface area contributed by atoms with Crippen molar-refractivity contribution < 1.29 is 9.90 Å². The van der Waals surface area contributed by atoms with Crippen LogP contribution in [0.25, 0.3) is 5.69 Å². The second-order valence-corrected chi connectivity index (χ2v) is 6.20. The number of pyridine rings is 1. The van der Waals surface area contributed by atoms with Gasteiger partial charge in [-0.05, 0) is 42.8 Å². The van der Waals surface area contributed by atoms with Gasteiger partial charge in [-0.1, -0.05) is 22.0 Å². The Bertz CT molecular complexity index is 982. The average molecular weight is 401 g/mol. The average Bonchev–Trinajstić information content (AvgIpc) is 2.58. The molecule has 7 nitrogen and oxygen atoms in total. The maximum absolute atomic E-state index is 12.4. The molecule has 0 aliphatic rings. The molecular formula is C17H13BrN4O3. The molecule has 0 spiro atoms. The van der Waals surface area contributed by atoms with Gasteiger partial charge in [-0.3, -0.25) is 9.59 Å². The van der Waals surface area contributed by atoms with E-state index in [1.165, 1.54) is 0 Å². The number of rotatable bonds is 3. The van der Waals surface area contributed by atoms with E-state index in [4.69, 9.17) is 0 Å². The Kier molecular flexibility index (Phi) is 4.62. The number of halogens is 1. The molecule has 0 atom stereocenters. The minimum atomic E-state index is -0.667. The van der Waals surface area contributed by atoms with Gasteiger partial charge in [0.25, 0.3) is 11.5 Å². The van der Waals surface area contributed by atoms with Gasteiger partial charge < -0.3 is 10.4 Å². The van der Waals surface area contributed by atoms with E-state index in [0.29, 0.717) is 11.5 Å². The predicted molar refractivity (Wildman–Crippen MR) is 96.1 cm³/mol. The minimum Gasteiger partial charge on any atom is -0.505 e. The lowest BCUT2D eigenvalue weighted by molar-refractivity contribution is 0.101. The van der Waals surface area contributed by atoms with Crippen molar-refractivity contribution in [2.45, 2.75) is 6.92 Å². The number of carbonyl (C=O) groups excluding carboxylic acids is 1. The first-order valence-electron chi connectivity index (χ1n) is 7.27. The van der Waals surface area contributed by atoms with E-state index in [2.05, 4.69) is 31.3 Å². The highest BCUT2D eigenvalue weighted by molar-refractivity contribution is 9.10. The normalized spacial score (nSPS) is 10.5. The summed E-state index contributed by atoms with van der Waals surface area (Å²) in [6.45, 7) is 1.88. The van der Waals surface area contributed by atoms with Gasteiger partial charge in [0.1, 0.15) is 5.82 Å². The summed E-state index contributed by atoms with van der Waals surface area (Å²) in [5, 5.41) is 16.5. The number of nitrogens with one attached hydrogen (secondary N) is 1. The van der Waals surface area contributed by atoms with E-state index in [0.717, 1.165) is 20.8 Å². The van der Waals surface area contributed by atoms with Crippen LogP contribution in [-0.2, 0) is 0 Å². The van der Waals surface area contributed by atoms with E-state index in [1.807, 2.05) is 6.92 Å². The molecule has 8 heteroatoms. The van der Waals surface area contributed by atoms with E-state index in [9.17, 15) is 14.7 Å². The predicted octanol–water partition coefficient (Wildman–Crippen LogP) is 2.66. The molecule has 126 valence electrons. The number of hydrogen-bond acceptors (Lipinski definition) is 5. The summed E-state index contributed by atoms with van der Waals surface area (Å²) in [5.41, 5.74) is 0.591. The lowest BCUT2D eigenvalue weighted by atomic mass is 10.3. The van der Waals surface area contributed by atoms with Gasteiger partial charge >= 0.3 is 0 Å². The third kappa shape index (κ3) is 3.74. The molecule has 1 amide bonds. The van der Waals surface area contributed by atoms with Gasteiger partial charge in [0, 0.05) is 16.7 Å². The smallest absolute Gasteiger partial charge is 0.281 e. The van der Waals surface area contributed by atoms with Crippen molar-refractivity contribution in [3.05, 3.63) is 74.7 Å². The number of nitrogens with zero attached hydrogens (tertiary/aromatic N) is 3. The highest BCUT2D eigenvalue weighted by Crippen LogP contribution is 2.16. The Morgan fingerprint density at radius 1 is 1.20 bits per heavy atom. The van der Waals surface area contributed by atoms with Gasteiger partial charge in [-0.2, -0.15) is 9.78 Å². The summed E-state index contributed by atoms with van der Waals surface area (Å²) in [7, 11) is 0. The Morgan fingerprint density at radius 2 is 1.92 bits per heavy atom. The number of amides is 1. The summed E-state index contributed by atoms with van der Waals surface area (Å²) in [4.78, 5) is 28.5. The molecule has 0 saturated heterocycles. The second kappa shape index (κ2) is 6.86. The summed E-state index contributed by atoms with van der Waals surface area (Å²) in [5.74, 6) is -0.846. The van der Waals surface area contributed by atoms with Crippen molar-refractivity contribution >= 4 is 27.7 Å². The zero-order valence-electron chi connectivity index (χ0n) is 13.1. The highest BCUT2D eigenvalue weighted by atomic mass is 79.9. The van der Waals surface area contributed by atoms with Crippen LogP contribution in [0.5, 0.6) is 5.75 Å². The molecule has 2 N–H and O–H groups in total. The summed E-state index contributed by atoms with van der Waals surface area (Å²) < 4.78 is 1.88. The number of aryl methyl sites for hydroxylation is 1. The van der Waals surface area contributed by atoms with Crippen molar-refractivity contribution in [2.75, 3.05) is 5.32 Å². The van der Waals surface area contributed by atoms with E-state index in [-0.39, 0.29) is 5.69 Å².